The third-order valence-electron chi connectivity index (χ3n) is 5.62. The molecular formula is C19H23FN4O3. The maximum Gasteiger partial charge on any atom is 0.255 e. The fourth-order valence-electron chi connectivity index (χ4n) is 4.12. The molecular weight excluding hydrogens is 351 g/mol. The molecule has 0 bridgehead atoms. The lowest BCUT2D eigenvalue weighted by molar-refractivity contribution is -0.136. The van der Waals surface area contributed by atoms with Crippen LogP contribution in [0.15, 0.2) is 18.2 Å². The summed E-state index contributed by atoms with van der Waals surface area (Å²) in [7, 11) is 0. The maximum absolute atomic E-state index is 13.2. The highest BCUT2D eigenvalue weighted by Crippen LogP contribution is 2.28. The average Bonchev–Trinajstić information content (AvgIpc) is 2.98. The Morgan fingerprint density at radius 3 is 2.85 bits per heavy atom. The van der Waals surface area contributed by atoms with E-state index in [1.807, 2.05) is 12.1 Å². The summed E-state index contributed by atoms with van der Waals surface area (Å²) in [5, 5.41) is 5.51. The van der Waals surface area contributed by atoms with Crippen LogP contribution in [-0.4, -0.2) is 65.9 Å². The number of carbonyl (C=O) groups is 3. The number of halogens is 1. The molecule has 0 saturated carbocycles. The Bertz CT molecular complexity index is 784. The second-order valence-electron chi connectivity index (χ2n) is 7.37. The standard InChI is InChI=1S/C19H23FN4O3/c20-8-14-9-21-5-6-23(14)10-12-1-2-15-13(7-12)11-24(19(15)27)16-3-4-17(25)22-18(16)26/h1-2,7,14,16,21H,3-6,8-11H2,(H,22,25,26). The molecule has 2 N–H and O–H groups in total. The summed E-state index contributed by atoms with van der Waals surface area (Å²) in [5.74, 6) is -0.866. The van der Waals surface area contributed by atoms with Crippen LogP contribution in [0.5, 0.6) is 0 Å². The van der Waals surface area contributed by atoms with E-state index in [9.17, 15) is 18.8 Å². The molecule has 27 heavy (non-hydrogen) atoms. The highest BCUT2D eigenvalue weighted by Gasteiger charge is 2.39. The number of piperidine rings is 1. The number of nitrogens with one attached hydrogen (secondary N) is 2. The van der Waals surface area contributed by atoms with Crippen LogP contribution in [0, 0.1) is 0 Å². The first kappa shape index (κ1) is 18.1. The summed E-state index contributed by atoms with van der Waals surface area (Å²) in [6, 6.07) is 4.95. The molecule has 7 nitrogen and oxygen atoms in total. The molecule has 3 amide bonds. The number of alkyl halides is 1. The van der Waals surface area contributed by atoms with Gasteiger partial charge in [-0.05, 0) is 23.6 Å². The van der Waals surface area contributed by atoms with Crippen molar-refractivity contribution < 1.29 is 18.8 Å². The molecule has 0 radical (unpaired) electrons. The minimum Gasteiger partial charge on any atom is -0.322 e. The van der Waals surface area contributed by atoms with Crippen molar-refractivity contribution in [2.24, 2.45) is 0 Å². The normalized spacial score (nSPS) is 26.3. The number of fused-ring (bicyclic) bond motifs is 1. The van der Waals surface area contributed by atoms with E-state index in [-0.39, 0.29) is 31.0 Å². The molecule has 3 aliphatic rings. The number of piperazine rings is 1. The molecule has 3 heterocycles. The Labute approximate surface area is 156 Å². The number of nitrogens with zero attached hydrogens (tertiary/aromatic N) is 2. The van der Waals surface area contributed by atoms with Gasteiger partial charge in [0.25, 0.3) is 5.91 Å². The van der Waals surface area contributed by atoms with Gasteiger partial charge in [-0.1, -0.05) is 12.1 Å². The zero-order valence-corrected chi connectivity index (χ0v) is 15.0. The first-order chi connectivity index (χ1) is 13.1. The number of rotatable bonds is 4. The number of hydrogen-bond acceptors (Lipinski definition) is 5. The molecule has 2 atom stereocenters. The van der Waals surface area contributed by atoms with E-state index in [1.165, 1.54) is 0 Å². The highest BCUT2D eigenvalue weighted by molar-refractivity contribution is 6.05. The van der Waals surface area contributed by atoms with Crippen molar-refractivity contribution in [2.45, 2.75) is 38.0 Å². The van der Waals surface area contributed by atoms with Gasteiger partial charge < -0.3 is 10.2 Å². The molecule has 4 rings (SSSR count). The third-order valence-corrected chi connectivity index (χ3v) is 5.62. The quantitative estimate of drug-likeness (QED) is 0.736. The average molecular weight is 374 g/mol. The summed E-state index contributed by atoms with van der Waals surface area (Å²) in [5.41, 5.74) is 2.52. The monoisotopic (exact) mass is 374 g/mol. The summed E-state index contributed by atoms with van der Waals surface area (Å²) in [6.07, 6.45) is 0.603. The van der Waals surface area contributed by atoms with Crippen molar-refractivity contribution in [3.63, 3.8) is 0 Å². The van der Waals surface area contributed by atoms with E-state index < -0.39 is 11.9 Å². The van der Waals surface area contributed by atoms with Crippen molar-refractivity contribution in [1.82, 2.24) is 20.4 Å². The highest BCUT2D eigenvalue weighted by atomic mass is 19.1. The van der Waals surface area contributed by atoms with Crippen LogP contribution in [0.25, 0.3) is 0 Å². The summed E-state index contributed by atoms with van der Waals surface area (Å²) in [6.45, 7) is 2.87. The van der Waals surface area contributed by atoms with E-state index in [0.29, 0.717) is 31.6 Å². The van der Waals surface area contributed by atoms with Crippen molar-refractivity contribution in [1.29, 1.82) is 0 Å². The lowest BCUT2D eigenvalue weighted by Gasteiger charge is -2.34. The molecule has 0 spiro atoms. The van der Waals surface area contributed by atoms with Crippen molar-refractivity contribution >= 4 is 17.7 Å². The predicted molar refractivity (Wildman–Crippen MR) is 95.5 cm³/mol. The van der Waals surface area contributed by atoms with Gasteiger partial charge in [0, 0.05) is 44.7 Å². The Hall–Kier alpha value is -2.32. The van der Waals surface area contributed by atoms with Crippen LogP contribution >= 0.6 is 0 Å². The van der Waals surface area contributed by atoms with Gasteiger partial charge in [-0.2, -0.15) is 0 Å². The van der Waals surface area contributed by atoms with E-state index >= 15 is 0 Å². The Morgan fingerprint density at radius 1 is 1.22 bits per heavy atom. The van der Waals surface area contributed by atoms with Gasteiger partial charge in [-0.15, -0.1) is 0 Å². The molecule has 2 fully saturated rings. The van der Waals surface area contributed by atoms with Crippen molar-refractivity contribution in [3.05, 3.63) is 34.9 Å². The van der Waals surface area contributed by atoms with Crippen LogP contribution in [0.2, 0.25) is 0 Å². The van der Waals surface area contributed by atoms with E-state index in [0.717, 1.165) is 24.2 Å². The molecule has 0 aromatic heterocycles. The fourth-order valence-corrected chi connectivity index (χ4v) is 4.12. The third kappa shape index (κ3) is 3.46. The van der Waals surface area contributed by atoms with Gasteiger partial charge >= 0.3 is 0 Å². The number of benzene rings is 1. The number of amides is 3. The topological polar surface area (TPSA) is 81.8 Å². The Balaban J connectivity index is 1.49. The minimum atomic E-state index is -0.602. The van der Waals surface area contributed by atoms with Gasteiger partial charge in [0.05, 0.1) is 6.04 Å². The molecule has 8 heteroatoms. The van der Waals surface area contributed by atoms with Gasteiger partial charge in [-0.25, -0.2) is 4.39 Å². The second kappa shape index (κ2) is 7.36. The first-order valence-electron chi connectivity index (χ1n) is 9.34. The largest absolute Gasteiger partial charge is 0.322 e. The van der Waals surface area contributed by atoms with Crippen LogP contribution in [0.4, 0.5) is 4.39 Å². The molecule has 2 unspecified atom stereocenters. The molecule has 1 aromatic rings. The fraction of sp³-hybridized carbons (Fsp3) is 0.526. The molecule has 144 valence electrons. The first-order valence-corrected chi connectivity index (χ1v) is 9.34. The van der Waals surface area contributed by atoms with Crippen molar-refractivity contribution in [2.75, 3.05) is 26.3 Å². The molecule has 0 aliphatic carbocycles. The zero-order chi connectivity index (χ0) is 19.0. The van der Waals surface area contributed by atoms with Gasteiger partial charge in [0.15, 0.2) is 0 Å². The molecule has 3 aliphatic heterocycles. The molecule has 1 aromatic carbocycles. The number of hydrogen-bond donors (Lipinski definition) is 2. The summed E-state index contributed by atoms with van der Waals surface area (Å²) >= 11 is 0. The van der Waals surface area contributed by atoms with Gasteiger partial charge in [0.1, 0.15) is 12.7 Å². The summed E-state index contributed by atoms with van der Waals surface area (Å²) < 4.78 is 13.2. The smallest absolute Gasteiger partial charge is 0.255 e. The lowest BCUT2D eigenvalue weighted by atomic mass is 10.0. The van der Waals surface area contributed by atoms with E-state index in [4.69, 9.17) is 0 Å². The van der Waals surface area contributed by atoms with Crippen LogP contribution < -0.4 is 10.6 Å². The van der Waals surface area contributed by atoms with E-state index in [2.05, 4.69) is 15.5 Å². The van der Waals surface area contributed by atoms with Crippen LogP contribution in [-0.2, 0) is 22.7 Å². The Morgan fingerprint density at radius 2 is 2.07 bits per heavy atom. The maximum atomic E-state index is 13.2. The second-order valence-corrected chi connectivity index (χ2v) is 7.37. The van der Waals surface area contributed by atoms with Gasteiger partial charge in [0.2, 0.25) is 11.8 Å². The van der Waals surface area contributed by atoms with Crippen molar-refractivity contribution in [3.8, 4) is 0 Å². The number of imide groups is 1. The predicted octanol–water partition coefficient (Wildman–Crippen LogP) is 0.191. The zero-order valence-electron chi connectivity index (χ0n) is 15.0. The van der Waals surface area contributed by atoms with Crippen LogP contribution in [0.3, 0.4) is 0 Å². The van der Waals surface area contributed by atoms with Crippen LogP contribution in [0.1, 0.15) is 34.3 Å². The SMILES string of the molecule is O=C1CCC(N2Cc3cc(CN4CCNCC4CF)ccc3C2=O)C(=O)N1. The Kier molecular flexibility index (Phi) is 4.92. The number of carbonyl (C=O) groups excluding carboxylic acids is 3. The summed E-state index contributed by atoms with van der Waals surface area (Å²) in [4.78, 5) is 39.8. The molecule has 2 saturated heterocycles. The van der Waals surface area contributed by atoms with E-state index in [1.54, 1.807) is 11.0 Å². The van der Waals surface area contributed by atoms with Gasteiger partial charge in [-0.3, -0.25) is 24.6 Å². The lowest BCUT2D eigenvalue weighted by Crippen LogP contribution is -2.52. The minimum absolute atomic E-state index is 0.131.